The Morgan fingerprint density at radius 2 is 1.47 bits per heavy atom. The topological polar surface area (TPSA) is 135 Å². The van der Waals surface area contributed by atoms with E-state index in [1.165, 1.54) is 0 Å². The Labute approximate surface area is 175 Å². The largest absolute Gasteiger partial charge is 0.480 e. The number of carboxylic acids is 3. The number of nitrogens with zero attached hydrogens (tertiary/aromatic N) is 4. The third-order valence-corrected chi connectivity index (χ3v) is 5.09. The Balaban J connectivity index is 2.41. The molecule has 1 aromatic rings. The molecular formula is C20H30N4O6. The number of carbonyl (C=O) groups is 3. The molecule has 0 aromatic carbocycles. The van der Waals surface area contributed by atoms with Gasteiger partial charge in [0.25, 0.3) is 0 Å². The Hall–Kier alpha value is -2.56. The minimum atomic E-state index is -0.981. The highest BCUT2D eigenvalue weighted by atomic mass is 16.4. The molecule has 30 heavy (non-hydrogen) atoms. The van der Waals surface area contributed by atoms with Crippen molar-refractivity contribution in [3.63, 3.8) is 0 Å². The molecular weight excluding hydrogens is 392 g/mol. The molecule has 0 amide bonds. The molecule has 2 bridgehead atoms. The second-order valence-electron chi connectivity index (χ2n) is 7.96. The first-order valence-electron chi connectivity index (χ1n) is 9.93. The first kappa shape index (κ1) is 23.7. The summed E-state index contributed by atoms with van der Waals surface area (Å²) in [5.41, 5.74) is 1.38. The molecule has 0 saturated carbocycles. The van der Waals surface area contributed by atoms with Gasteiger partial charge < -0.3 is 15.3 Å². The van der Waals surface area contributed by atoms with Gasteiger partial charge in [0.2, 0.25) is 0 Å². The monoisotopic (exact) mass is 422 g/mol. The summed E-state index contributed by atoms with van der Waals surface area (Å²) in [6.07, 6.45) is 0. The quantitative estimate of drug-likeness (QED) is 0.562. The zero-order valence-corrected chi connectivity index (χ0v) is 17.4. The Morgan fingerprint density at radius 1 is 0.933 bits per heavy atom. The molecule has 3 N–H and O–H groups in total. The van der Waals surface area contributed by atoms with E-state index in [0.717, 1.165) is 0 Å². The van der Waals surface area contributed by atoms with Crippen molar-refractivity contribution in [2.75, 3.05) is 39.3 Å². The van der Waals surface area contributed by atoms with Gasteiger partial charge in [0.1, 0.15) is 0 Å². The molecule has 1 atom stereocenters. The maximum atomic E-state index is 11.5. The van der Waals surface area contributed by atoms with E-state index in [1.54, 1.807) is 15.9 Å². The predicted octanol–water partition coefficient (Wildman–Crippen LogP) is 0.280. The number of aromatic nitrogens is 1. The van der Waals surface area contributed by atoms with Crippen LogP contribution in [0.3, 0.4) is 0 Å². The molecule has 1 aliphatic heterocycles. The van der Waals surface area contributed by atoms with E-state index in [-0.39, 0.29) is 31.6 Å². The van der Waals surface area contributed by atoms with Crippen molar-refractivity contribution >= 4 is 17.9 Å². The van der Waals surface area contributed by atoms with Crippen molar-refractivity contribution in [1.82, 2.24) is 19.7 Å². The van der Waals surface area contributed by atoms with Gasteiger partial charge in [-0.2, -0.15) is 0 Å². The van der Waals surface area contributed by atoms with Crippen LogP contribution in [0.2, 0.25) is 0 Å². The summed E-state index contributed by atoms with van der Waals surface area (Å²) in [5.74, 6) is -2.83. The van der Waals surface area contributed by atoms with Gasteiger partial charge >= 0.3 is 17.9 Å². The third-order valence-electron chi connectivity index (χ3n) is 5.09. The summed E-state index contributed by atoms with van der Waals surface area (Å²) < 4.78 is 0. The number of rotatable bonds is 7. The van der Waals surface area contributed by atoms with Crippen LogP contribution in [0.25, 0.3) is 0 Å². The molecule has 0 aliphatic carbocycles. The van der Waals surface area contributed by atoms with Gasteiger partial charge in [-0.1, -0.05) is 19.9 Å². The van der Waals surface area contributed by atoms with Crippen molar-refractivity contribution in [2.45, 2.75) is 33.0 Å². The number of pyridine rings is 1. The first-order valence-corrected chi connectivity index (χ1v) is 9.93. The molecule has 1 aliphatic rings. The van der Waals surface area contributed by atoms with Crippen LogP contribution in [-0.2, 0) is 27.5 Å². The lowest BCUT2D eigenvalue weighted by atomic mass is 10.0. The van der Waals surface area contributed by atoms with Gasteiger partial charge in [0.05, 0.1) is 31.0 Å². The fourth-order valence-corrected chi connectivity index (χ4v) is 3.73. The highest BCUT2D eigenvalue weighted by Gasteiger charge is 2.28. The van der Waals surface area contributed by atoms with Gasteiger partial charge in [-0.25, -0.2) is 0 Å². The van der Waals surface area contributed by atoms with E-state index < -0.39 is 17.9 Å². The number of hydrogen-bond donors (Lipinski definition) is 3. The smallest absolute Gasteiger partial charge is 0.317 e. The summed E-state index contributed by atoms with van der Waals surface area (Å²) >= 11 is 0. The number of fused-ring (bicyclic) bond motifs is 2. The average Bonchev–Trinajstić information content (AvgIpc) is 2.61. The van der Waals surface area contributed by atoms with Crippen LogP contribution >= 0.6 is 0 Å². The Kier molecular flexibility index (Phi) is 8.70. The normalized spacial score (nSPS) is 19.8. The van der Waals surface area contributed by atoms with E-state index in [4.69, 9.17) is 0 Å². The summed E-state index contributed by atoms with van der Waals surface area (Å²) in [7, 11) is 0. The standard InChI is InChI=1S/C20H30N4O6/c1-14(2)17-10-23(12-19(27)28)7-6-22(11-18(25)26)8-15-4-3-5-16(21-15)9-24(17)13-20(29)30/h3-5,14,17H,6-13H2,1-2H3,(H,25,26)(H,27,28)(H,29,30). The molecule has 1 aromatic heterocycles. The van der Waals surface area contributed by atoms with E-state index >= 15 is 0 Å². The first-order chi connectivity index (χ1) is 14.1. The van der Waals surface area contributed by atoms with Crippen molar-refractivity contribution in [2.24, 2.45) is 5.92 Å². The lowest BCUT2D eigenvalue weighted by Crippen LogP contribution is -2.51. The van der Waals surface area contributed by atoms with Crippen molar-refractivity contribution < 1.29 is 29.7 Å². The number of hydrogen-bond acceptors (Lipinski definition) is 7. The fraction of sp³-hybridized carbons (Fsp3) is 0.600. The third kappa shape index (κ3) is 7.69. The zero-order valence-electron chi connectivity index (χ0n) is 17.4. The molecule has 10 nitrogen and oxygen atoms in total. The minimum absolute atomic E-state index is 0.0712. The molecule has 0 spiro atoms. The van der Waals surface area contributed by atoms with E-state index in [1.807, 2.05) is 30.9 Å². The SMILES string of the molecule is CC(C)C1CN(CC(=O)O)CCN(CC(=O)O)Cc2cccc(n2)CN1CC(=O)O. The van der Waals surface area contributed by atoms with E-state index in [0.29, 0.717) is 44.1 Å². The second kappa shape index (κ2) is 11.0. The van der Waals surface area contributed by atoms with Gasteiger partial charge in [-0.3, -0.25) is 34.1 Å². The molecule has 10 heteroatoms. The maximum absolute atomic E-state index is 11.5. The van der Waals surface area contributed by atoms with Gasteiger partial charge in [-0.15, -0.1) is 0 Å². The Morgan fingerprint density at radius 3 is 2.03 bits per heavy atom. The summed E-state index contributed by atoms with van der Waals surface area (Å²) in [5, 5.41) is 28.0. The predicted molar refractivity (Wildman–Crippen MR) is 108 cm³/mol. The summed E-state index contributed by atoms with van der Waals surface area (Å²) in [6.45, 7) is 5.09. The molecule has 1 unspecified atom stereocenters. The highest BCUT2D eigenvalue weighted by molar-refractivity contribution is 5.70. The lowest BCUT2D eigenvalue weighted by molar-refractivity contribution is -0.141. The van der Waals surface area contributed by atoms with Gasteiger partial charge in [0, 0.05) is 38.8 Å². The highest BCUT2D eigenvalue weighted by Crippen LogP contribution is 2.17. The lowest BCUT2D eigenvalue weighted by Gasteiger charge is -2.37. The van der Waals surface area contributed by atoms with Gasteiger partial charge in [0.15, 0.2) is 0 Å². The molecule has 166 valence electrons. The van der Waals surface area contributed by atoms with Gasteiger partial charge in [-0.05, 0) is 18.1 Å². The zero-order chi connectivity index (χ0) is 22.3. The molecule has 0 radical (unpaired) electrons. The number of aliphatic carboxylic acids is 3. The van der Waals surface area contributed by atoms with Crippen LogP contribution in [0.15, 0.2) is 18.2 Å². The van der Waals surface area contributed by atoms with E-state index in [2.05, 4.69) is 4.98 Å². The number of carboxylic acid groups (broad SMARTS) is 3. The molecule has 2 rings (SSSR count). The molecule has 0 saturated heterocycles. The average molecular weight is 422 g/mol. The van der Waals surface area contributed by atoms with Crippen LogP contribution in [-0.4, -0.2) is 98.2 Å². The molecule has 2 heterocycles. The van der Waals surface area contributed by atoms with Crippen LogP contribution in [0.5, 0.6) is 0 Å². The van der Waals surface area contributed by atoms with Crippen molar-refractivity contribution in [3.05, 3.63) is 29.6 Å². The minimum Gasteiger partial charge on any atom is -0.480 e. The van der Waals surface area contributed by atoms with Crippen LogP contribution in [0.1, 0.15) is 25.2 Å². The molecule has 0 fully saturated rings. The fourth-order valence-electron chi connectivity index (χ4n) is 3.73. The van der Waals surface area contributed by atoms with Crippen LogP contribution < -0.4 is 0 Å². The van der Waals surface area contributed by atoms with E-state index in [9.17, 15) is 29.7 Å². The van der Waals surface area contributed by atoms with Crippen LogP contribution in [0, 0.1) is 5.92 Å². The van der Waals surface area contributed by atoms with Crippen molar-refractivity contribution in [1.29, 1.82) is 0 Å². The Bertz CT molecular complexity index is 757. The van der Waals surface area contributed by atoms with Crippen molar-refractivity contribution in [3.8, 4) is 0 Å². The van der Waals surface area contributed by atoms with Crippen LogP contribution in [0.4, 0.5) is 0 Å². The maximum Gasteiger partial charge on any atom is 0.317 e. The summed E-state index contributed by atoms with van der Waals surface area (Å²) in [6, 6.07) is 5.25. The second-order valence-corrected chi connectivity index (χ2v) is 7.96. The summed E-state index contributed by atoms with van der Waals surface area (Å²) in [4.78, 5) is 44.1.